The lowest BCUT2D eigenvalue weighted by Gasteiger charge is -2.35. The second-order valence-electron chi connectivity index (χ2n) is 8.01. The zero-order valence-corrected chi connectivity index (χ0v) is 15.5. The van der Waals surface area contributed by atoms with E-state index in [9.17, 15) is 9.59 Å². The number of amides is 2. The summed E-state index contributed by atoms with van der Waals surface area (Å²) in [5, 5.41) is 3.20. The maximum Gasteiger partial charge on any atom is 0.234 e. The van der Waals surface area contributed by atoms with Crippen LogP contribution in [-0.4, -0.2) is 73.6 Å². The molecule has 1 N–H and O–H groups in total. The van der Waals surface area contributed by atoms with E-state index in [1.54, 1.807) is 0 Å². The van der Waals surface area contributed by atoms with Gasteiger partial charge in [-0.25, -0.2) is 0 Å². The number of morpholine rings is 1. The number of hydrogen-bond acceptors (Lipinski definition) is 4. The summed E-state index contributed by atoms with van der Waals surface area (Å²) in [6.45, 7) is 7.22. The summed E-state index contributed by atoms with van der Waals surface area (Å²) in [5.74, 6) is 1.36. The van der Waals surface area contributed by atoms with Gasteiger partial charge in [0.1, 0.15) is 0 Å². The van der Waals surface area contributed by atoms with E-state index in [2.05, 4.69) is 17.1 Å². The number of likely N-dealkylation sites (tertiary alicyclic amines) is 1. The molecule has 0 spiro atoms. The maximum atomic E-state index is 12.5. The Morgan fingerprint density at radius 1 is 0.960 bits per heavy atom. The monoisotopic (exact) mass is 351 g/mol. The van der Waals surface area contributed by atoms with Gasteiger partial charge in [-0.05, 0) is 57.5 Å². The van der Waals surface area contributed by atoms with Crippen LogP contribution in [0.1, 0.15) is 45.4 Å². The third kappa shape index (κ3) is 5.42. The molecule has 2 aliphatic heterocycles. The molecule has 3 rings (SSSR count). The molecule has 2 amide bonds. The zero-order valence-electron chi connectivity index (χ0n) is 15.5. The Morgan fingerprint density at radius 2 is 1.60 bits per heavy atom. The molecule has 0 bridgehead atoms. The second kappa shape index (κ2) is 8.99. The summed E-state index contributed by atoms with van der Waals surface area (Å²) in [6.07, 6.45) is 6.40. The minimum Gasteiger partial charge on any atom is -0.378 e. The fourth-order valence-corrected chi connectivity index (χ4v) is 4.26. The van der Waals surface area contributed by atoms with Gasteiger partial charge in [0.2, 0.25) is 11.8 Å². The molecule has 1 saturated carbocycles. The molecule has 2 heterocycles. The van der Waals surface area contributed by atoms with Gasteiger partial charge in [-0.3, -0.25) is 14.5 Å². The van der Waals surface area contributed by atoms with E-state index in [1.165, 1.54) is 12.8 Å². The van der Waals surface area contributed by atoms with Crippen LogP contribution in [0, 0.1) is 11.8 Å². The Kier molecular flexibility index (Phi) is 6.70. The lowest BCUT2D eigenvalue weighted by atomic mass is 9.87. The lowest BCUT2D eigenvalue weighted by Crippen LogP contribution is -2.49. The van der Waals surface area contributed by atoms with Crippen molar-refractivity contribution in [1.29, 1.82) is 0 Å². The van der Waals surface area contributed by atoms with Gasteiger partial charge < -0.3 is 15.0 Å². The minimum atomic E-state index is 0.122. The first-order valence-corrected chi connectivity index (χ1v) is 10.00. The average Bonchev–Trinajstić information content (AvgIpc) is 2.64. The molecule has 3 fully saturated rings. The fraction of sp³-hybridized carbons (Fsp3) is 0.895. The summed E-state index contributed by atoms with van der Waals surface area (Å²) in [7, 11) is 0. The van der Waals surface area contributed by atoms with Crippen LogP contribution in [0.5, 0.6) is 0 Å². The average molecular weight is 351 g/mol. The number of carbonyl (C=O) groups excluding carboxylic acids is 2. The molecular weight excluding hydrogens is 318 g/mol. The second-order valence-corrected chi connectivity index (χ2v) is 8.01. The van der Waals surface area contributed by atoms with Crippen molar-refractivity contribution in [3.63, 3.8) is 0 Å². The Bertz CT molecular complexity index is 449. The van der Waals surface area contributed by atoms with Gasteiger partial charge in [-0.15, -0.1) is 0 Å². The van der Waals surface area contributed by atoms with Crippen LogP contribution >= 0.6 is 0 Å². The number of piperidine rings is 1. The Morgan fingerprint density at radius 3 is 2.24 bits per heavy atom. The highest BCUT2D eigenvalue weighted by Crippen LogP contribution is 2.24. The van der Waals surface area contributed by atoms with E-state index in [-0.39, 0.29) is 17.7 Å². The van der Waals surface area contributed by atoms with E-state index in [1.807, 2.05) is 4.90 Å². The third-order valence-electron chi connectivity index (χ3n) is 6.01. The Balaban J connectivity index is 1.35. The fourth-order valence-electron chi connectivity index (χ4n) is 4.26. The van der Waals surface area contributed by atoms with Crippen molar-refractivity contribution < 1.29 is 14.3 Å². The number of nitrogens with zero attached hydrogens (tertiary/aromatic N) is 2. The first-order valence-electron chi connectivity index (χ1n) is 10.00. The third-order valence-corrected chi connectivity index (χ3v) is 6.01. The molecule has 6 heteroatoms. The van der Waals surface area contributed by atoms with E-state index in [4.69, 9.17) is 4.74 Å². The molecular formula is C19H33N3O3. The quantitative estimate of drug-likeness (QED) is 0.828. The SMILES string of the molecule is CC1CCC(NC(=O)CN2CCC(C(=O)N3CCOCC3)CC2)CC1. The molecule has 0 aromatic carbocycles. The van der Waals surface area contributed by atoms with Gasteiger partial charge in [0.05, 0.1) is 19.8 Å². The van der Waals surface area contributed by atoms with Gasteiger partial charge in [-0.1, -0.05) is 6.92 Å². The molecule has 0 radical (unpaired) electrons. The van der Waals surface area contributed by atoms with E-state index >= 15 is 0 Å². The Hall–Kier alpha value is -1.14. The molecule has 0 aromatic heterocycles. The Labute approximate surface area is 151 Å². The number of carbonyl (C=O) groups is 2. The van der Waals surface area contributed by atoms with Crippen molar-refractivity contribution in [3.05, 3.63) is 0 Å². The van der Waals surface area contributed by atoms with Gasteiger partial charge in [0.15, 0.2) is 0 Å². The minimum absolute atomic E-state index is 0.122. The standard InChI is InChI=1S/C19H33N3O3/c1-15-2-4-17(5-3-15)20-18(23)14-21-8-6-16(7-9-21)19(24)22-10-12-25-13-11-22/h15-17H,2-14H2,1H3,(H,20,23). The smallest absolute Gasteiger partial charge is 0.234 e. The van der Waals surface area contributed by atoms with E-state index in [0.717, 1.165) is 57.8 Å². The largest absolute Gasteiger partial charge is 0.378 e. The molecule has 3 aliphatic rings. The van der Waals surface area contributed by atoms with Gasteiger partial charge >= 0.3 is 0 Å². The predicted octanol–water partition coefficient (Wildman–Crippen LogP) is 1.25. The van der Waals surface area contributed by atoms with Crippen molar-refractivity contribution in [1.82, 2.24) is 15.1 Å². The molecule has 6 nitrogen and oxygen atoms in total. The van der Waals surface area contributed by atoms with Crippen LogP contribution < -0.4 is 5.32 Å². The van der Waals surface area contributed by atoms with Crippen LogP contribution in [0.3, 0.4) is 0 Å². The number of rotatable bonds is 4. The topological polar surface area (TPSA) is 61.9 Å². The highest BCUT2D eigenvalue weighted by Gasteiger charge is 2.30. The first kappa shape index (κ1) is 18.6. The number of ether oxygens (including phenoxy) is 1. The molecule has 0 aromatic rings. The van der Waals surface area contributed by atoms with Crippen molar-refractivity contribution in [3.8, 4) is 0 Å². The van der Waals surface area contributed by atoms with Crippen LogP contribution in [0.15, 0.2) is 0 Å². The molecule has 142 valence electrons. The molecule has 0 atom stereocenters. The van der Waals surface area contributed by atoms with Crippen molar-refractivity contribution >= 4 is 11.8 Å². The molecule has 2 saturated heterocycles. The van der Waals surface area contributed by atoms with Crippen LogP contribution in [0.2, 0.25) is 0 Å². The maximum absolute atomic E-state index is 12.5. The summed E-state index contributed by atoms with van der Waals surface area (Å²) in [4.78, 5) is 29.0. The van der Waals surface area contributed by atoms with Crippen molar-refractivity contribution in [2.75, 3.05) is 45.9 Å². The van der Waals surface area contributed by atoms with E-state index in [0.29, 0.717) is 25.8 Å². The van der Waals surface area contributed by atoms with Gasteiger partial charge in [0, 0.05) is 25.0 Å². The normalized spacial score (nSPS) is 29.4. The first-order chi connectivity index (χ1) is 12.1. The summed E-state index contributed by atoms with van der Waals surface area (Å²) >= 11 is 0. The molecule has 1 aliphatic carbocycles. The van der Waals surface area contributed by atoms with Crippen molar-refractivity contribution in [2.45, 2.75) is 51.5 Å². The number of nitrogens with one attached hydrogen (secondary N) is 1. The van der Waals surface area contributed by atoms with E-state index < -0.39 is 0 Å². The number of hydrogen-bond donors (Lipinski definition) is 1. The van der Waals surface area contributed by atoms with Crippen molar-refractivity contribution in [2.24, 2.45) is 11.8 Å². The zero-order chi connectivity index (χ0) is 17.6. The highest BCUT2D eigenvalue weighted by molar-refractivity contribution is 5.79. The predicted molar refractivity (Wildman–Crippen MR) is 96.1 cm³/mol. The lowest BCUT2D eigenvalue weighted by molar-refractivity contribution is -0.141. The van der Waals surface area contributed by atoms with Crippen LogP contribution in [0.4, 0.5) is 0 Å². The van der Waals surface area contributed by atoms with Gasteiger partial charge in [-0.2, -0.15) is 0 Å². The summed E-state index contributed by atoms with van der Waals surface area (Å²) in [6, 6.07) is 0.365. The summed E-state index contributed by atoms with van der Waals surface area (Å²) < 4.78 is 5.32. The van der Waals surface area contributed by atoms with Gasteiger partial charge in [0.25, 0.3) is 0 Å². The highest BCUT2D eigenvalue weighted by atomic mass is 16.5. The van der Waals surface area contributed by atoms with Crippen LogP contribution in [-0.2, 0) is 14.3 Å². The van der Waals surface area contributed by atoms with Crippen LogP contribution in [0.25, 0.3) is 0 Å². The molecule has 0 unspecified atom stereocenters. The summed E-state index contributed by atoms with van der Waals surface area (Å²) in [5.41, 5.74) is 0. The molecule has 25 heavy (non-hydrogen) atoms.